The van der Waals surface area contributed by atoms with Crippen molar-refractivity contribution in [2.45, 2.75) is 38.9 Å². The van der Waals surface area contributed by atoms with Gasteiger partial charge in [-0.1, -0.05) is 24.8 Å². The molecule has 0 saturated heterocycles. The fourth-order valence-corrected chi connectivity index (χ4v) is 0.992. The summed E-state index contributed by atoms with van der Waals surface area (Å²) in [7, 11) is 0. The molecule has 0 aromatic rings. The minimum atomic E-state index is -0.849. The molecule has 0 rings (SSSR count). The molecule has 0 aliphatic carbocycles. The van der Waals surface area contributed by atoms with Gasteiger partial charge >= 0.3 is 0 Å². The zero-order valence-corrected chi connectivity index (χ0v) is 10.3. The van der Waals surface area contributed by atoms with E-state index in [2.05, 4.69) is 6.58 Å². The fourth-order valence-electron chi connectivity index (χ4n) is 0.992. The topological polar surface area (TPSA) is 60.7 Å². The Bertz CT molecular complexity index is 282. The van der Waals surface area contributed by atoms with Crippen LogP contribution in [-0.2, 0) is 0 Å². The molecule has 0 amide bonds. The summed E-state index contributed by atoms with van der Waals surface area (Å²) in [6.45, 7) is 8.63. The molecule has 1 atom stereocenters. The van der Waals surface area contributed by atoms with Crippen molar-refractivity contribution in [2.24, 2.45) is 0 Å². The Kier molecular flexibility index (Phi) is 6.26. The van der Waals surface area contributed by atoms with E-state index in [1.807, 2.05) is 6.92 Å². The Labute approximate surface area is 97.4 Å². The Morgan fingerprint density at radius 1 is 1.38 bits per heavy atom. The van der Waals surface area contributed by atoms with Crippen LogP contribution < -0.4 is 0 Å². The van der Waals surface area contributed by atoms with Crippen LogP contribution >= 0.6 is 0 Å². The Morgan fingerprint density at radius 2 is 1.94 bits per heavy atom. The fraction of sp³-hybridized carbons (Fsp3) is 0.538. The van der Waals surface area contributed by atoms with Gasteiger partial charge in [0.15, 0.2) is 0 Å². The van der Waals surface area contributed by atoms with Gasteiger partial charge in [0.1, 0.15) is 0 Å². The highest BCUT2D eigenvalue weighted by atomic mass is 16.3. The maximum atomic E-state index is 9.69. The molecule has 0 radical (unpaired) electrons. The Balaban J connectivity index is 4.66. The third-order valence-corrected chi connectivity index (χ3v) is 2.46. The van der Waals surface area contributed by atoms with Gasteiger partial charge in [-0.25, -0.2) is 0 Å². The highest BCUT2D eigenvalue weighted by Gasteiger charge is 2.13. The van der Waals surface area contributed by atoms with Crippen LogP contribution in [0, 0.1) is 0 Å². The summed E-state index contributed by atoms with van der Waals surface area (Å²) in [6, 6.07) is 0. The van der Waals surface area contributed by atoms with Gasteiger partial charge in [-0.3, -0.25) is 0 Å². The first kappa shape index (κ1) is 15.1. The quantitative estimate of drug-likeness (QED) is 0.602. The lowest BCUT2D eigenvalue weighted by molar-refractivity contribution is 0.0961. The van der Waals surface area contributed by atoms with E-state index >= 15 is 0 Å². The molecule has 0 heterocycles. The van der Waals surface area contributed by atoms with Crippen molar-refractivity contribution < 1.29 is 15.3 Å². The third kappa shape index (κ3) is 5.85. The molecule has 16 heavy (non-hydrogen) atoms. The molecule has 0 aliphatic heterocycles. The van der Waals surface area contributed by atoms with Gasteiger partial charge in [-0.15, -0.1) is 0 Å². The van der Waals surface area contributed by atoms with E-state index in [1.54, 1.807) is 32.1 Å². The smallest absolute Gasteiger partial charge is 0.0811 e. The lowest BCUT2D eigenvalue weighted by Gasteiger charge is -2.17. The van der Waals surface area contributed by atoms with Gasteiger partial charge in [-0.05, 0) is 31.9 Å². The minimum absolute atomic E-state index is 0.265. The minimum Gasteiger partial charge on any atom is -0.394 e. The van der Waals surface area contributed by atoms with E-state index in [-0.39, 0.29) is 6.61 Å². The zero-order chi connectivity index (χ0) is 12.8. The van der Waals surface area contributed by atoms with E-state index in [0.717, 1.165) is 11.1 Å². The van der Waals surface area contributed by atoms with E-state index in [0.29, 0.717) is 6.42 Å². The molecular formula is C13H22O3. The van der Waals surface area contributed by atoms with Crippen LogP contribution in [0.2, 0.25) is 0 Å². The van der Waals surface area contributed by atoms with Crippen molar-refractivity contribution >= 4 is 0 Å². The molecule has 0 aromatic carbocycles. The van der Waals surface area contributed by atoms with Gasteiger partial charge in [0.25, 0.3) is 0 Å². The first-order valence-corrected chi connectivity index (χ1v) is 5.33. The second-order valence-corrected chi connectivity index (χ2v) is 4.39. The van der Waals surface area contributed by atoms with Gasteiger partial charge in [0.05, 0.1) is 18.3 Å². The van der Waals surface area contributed by atoms with Crippen LogP contribution in [0.3, 0.4) is 0 Å². The van der Waals surface area contributed by atoms with Crippen molar-refractivity contribution in [2.75, 3.05) is 6.61 Å². The normalized spacial score (nSPS) is 16.1. The van der Waals surface area contributed by atoms with Crippen LogP contribution in [0.5, 0.6) is 0 Å². The average Bonchev–Trinajstić information content (AvgIpc) is 2.21. The van der Waals surface area contributed by atoms with Crippen molar-refractivity contribution in [3.05, 3.63) is 36.0 Å². The second kappa shape index (κ2) is 6.63. The Morgan fingerprint density at radius 3 is 2.31 bits per heavy atom. The molecule has 3 nitrogen and oxygen atoms in total. The maximum absolute atomic E-state index is 9.69. The number of allylic oxidation sites excluding steroid dienone is 3. The van der Waals surface area contributed by atoms with Gasteiger partial charge in [0, 0.05) is 6.42 Å². The van der Waals surface area contributed by atoms with E-state index in [9.17, 15) is 10.2 Å². The summed E-state index contributed by atoms with van der Waals surface area (Å²) in [5, 5.41) is 27.7. The van der Waals surface area contributed by atoms with Gasteiger partial charge in [0.2, 0.25) is 0 Å². The SMILES string of the molecule is C=CC(=CC=C(C)C(C)(C)O)CC(O)CO. The maximum Gasteiger partial charge on any atom is 0.0811 e. The second-order valence-electron chi connectivity index (χ2n) is 4.39. The largest absolute Gasteiger partial charge is 0.394 e. The molecule has 3 N–H and O–H groups in total. The first-order chi connectivity index (χ1) is 7.31. The molecule has 0 spiro atoms. The third-order valence-electron chi connectivity index (χ3n) is 2.46. The van der Waals surface area contributed by atoms with Gasteiger partial charge in [-0.2, -0.15) is 0 Å². The van der Waals surface area contributed by atoms with Crippen molar-refractivity contribution in [1.82, 2.24) is 0 Å². The first-order valence-electron chi connectivity index (χ1n) is 5.33. The number of hydrogen-bond acceptors (Lipinski definition) is 3. The average molecular weight is 226 g/mol. The van der Waals surface area contributed by atoms with Crippen LogP contribution in [0.4, 0.5) is 0 Å². The number of rotatable bonds is 6. The highest BCUT2D eigenvalue weighted by molar-refractivity contribution is 5.27. The highest BCUT2D eigenvalue weighted by Crippen LogP contribution is 2.15. The summed E-state index contributed by atoms with van der Waals surface area (Å²) in [5.41, 5.74) is 0.800. The van der Waals surface area contributed by atoms with Crippen LogP contribution in [0.25, 0.3) is 0 Å². The molecular weight excluding hydrogens is 204 g/mol. The number of hydrogen-bond donors (Lipinski definition) is 3. The number of aliphatic hydroxyl groups is 3. The van der Waals surface area contributed by atoms with E-state index in [4.69, 9.17) is 5.11 Å². The molecule has 0 fully saturated rings. The van der Waals surface area contributed by atoms with Crippen molar-refractivity contribution in [3.8, 4) is 0 Å². The molecule has 0 aliphatic rings. The monoisotopic (exact) mass is 226 g/mol. The van der Waals surface area contributed by atoms with E-state index in [1.165, 1.54) is 0 Å². The molecule has 0 saturated carbocycles. The molecule has 1 unspecified atom stereocenters. The van der Waals surface area contributed by atoms with Crippen LogP contribution in [0.15, 0.2) is 36.0 Å². The van der Waals surface area contributed by atoms with Crippen molar-refractivity contribution in [1.29, 1.82) is 0 Å². The molecule has 92 valence electrons. The summed E-state index contributed by atoms with van der Waals surface area (Å²) >= 11 is 0. The summed E-state index contributed by atoms with van der Waals surface area (Å²) in [5.74, 6) is 0. The predicted octanol–water partition coefficient (Wildman–Crippen LogP) is 1.56. The summed E-state index contributed by atoms with van der Waals surface area (Å²) in [4.78, 5) is 0. The predicted molar refractivity (Wildman–Crippen MR) is 66.0 cm³/mol. The standard InChI is InChI=1S/C13H22O3/c1-5-11(8-12(15)9-14)7-6-10(2)13(3,4)16/h5-7,12,14-16H,1,8-9H2,2-4H3. The Hall–Kier alpha value is -0.900. The lowest BCUT2D eigenvalue weighted by Crippen LogP contribution is -2.19. The van der Waals surface area contributed by atoms with E-state index < -0.39 is 11.7 Å². The number of aliphatic hydroxyl groups excluding tert-OH is 2. The zero-order valence-electron chi connectivity index (χ0n) is 10.3. The lowest BCUT2D eigenvalue weighted by atomic mass is 9.98. The van der Waals surface area contributed by atoms with Crippen LogP contribution in [0.1, 0.15) is 27.2 Å². The van der Waals surface area contributed by atoms with Crippen molar-refractivity contribution in [3.63, 3.8) is 0 Å². The van der Waals surface area contributed by atoms with Gasteiger partial charge < -0.3 is 15.3 Å². The molecule has 3 heteroatoms. The molecule has 0 bridgehead atoms. The molecule has 0 aromatic heterocycles. The summed E-state index contributed by atoms with van der Waals surface area (Å²) in [6.07, 6.45) is 4.81. The van der Waals surface area contributed by atoms with Crippen LogP contribution in [-0.4, -0.2) is 33.6 Å². The summed E-state index contributed by atoms with van der Waals surface area (Å²) < 4.78 is 0.